The fourth-order valence-corrected chi connectivity index (χ4v) is 6.00. The van der Waals surface area contributed by atoms with E-state index >= 15 is 0 Å². The molecule has 7 rings (SSSR count). The van der Waals surface area contributed by atoms with Crippen LogP contribution < -0.4 is 0 Å². The van der Waals surface area contributed by atoms with Gasteiger partial charge in [0, 0.05) is 18.1 Å². The summed E-state index contributed by atoms with van der Waals surface area (Å²) in [6, 6.07) is 54.9. The largest absolute Gasteiger partial charge is 0.341 e. The molecule has 0 spiro atoms. The minimum Gasteiger partial charge on any atom is -0.341 e. The maximum atomic E-state index is 5.84. The lowest BCUT2D eigenvalue weighted by atomic mass is 9.91. The molecule has 0 aliphatic heterocycles. The molecule has 0 bridgehead atoms. The van der Waals surface area contributed by atoms with Crippen LogP contribution in [0.1, 0.15) is 44.8 Å². The minimum atomic E-state index is 0.591. The molecule has 1 aromatic heterocycles. The summed E-state index contributed by atoms with van der Waals surface area (Å²) in [6.07, 6.45) is 9.90. The summed E-state index contributed by atoms with van der Waals surface area (Å²) in [6.45, 7) is 0. The standard InChI is InChI=1S/C44H34N2O/c1-3-15-33(16-4-1)27-29-35-19-7-11-23-39(35)41-25-13-9-21-37(41)31-43-44(47-46-45-43)32-38-22-10-14-26-42(38)40-24-12-8-20-36(40)30-28-34-17-5-2-6-18-34/h1-30H,31-32H2. The number of nitrogens with zero attached hydrogens (tertiary/aromatic N) is 2. The summed E-state index contributed by atoms with van der Waals surface area (Å²) < 4.78 is 5.84. The molecule has 0 aliphatic carbocycles. The third kappa shape index (κ3) is 7.11. The predicted octanol–water partition coefficient (Wildman–Crippen LogP) is 10.9. The Balaban J connectivity index is 1.17. The van der Waals surface area contributed by atoms with Crippen LogP contribution in [0.4, 0.5) is 0 Å². The van der Waals surface area contributed by atoms with Gasteiger partial charge in [-0.3, -0.25) is 0 Å². The van der Waals surface area contributed by atoms with Gasteiger partial charge in [0.05, 0.1) is 0 Å². The van der Waals surface area contributed by atoms with Gasteiger partial charge in [-0.2, -0.15) is 0 Å². The molecule has 0 saturated heterocycles. The molecule has 0 atom stereocenters. The van der Waals surface area contributed by atoms with Crippen LogP contribution in [-0.2, 0) is 12.8 Å². The lowest BCUT2D eigenvalue weighted by molar-refractivity contribution is 0.367. The van der Waals surface area contributed by atoms with Crippen LogP contribution >= 0.6 is 0 Å². The van der Waals surface area contributed by atoms with Crippen LogP contribution in [0.15, 0.2) is 162 Å². The fourth-order valence-electron chi connectivity index (χ4n) is 6.00. The molecule has 3 nitrogen and oxygen atoms in total. The summed E-state index contributed by atoms with van der Waals surface area (Å²) in [7, 11) is 0. The molecule has 3 heteroatoms. The highest BCUT2D eigenvalue weighted by molar-refractivity contribution is 5.83. The summed E-state index contributed by atoms with van der Waals surface area (Å²) >= 11 is 0. The lowest BCUT2D eigenvalue weighted by Gasteiger charge is -2.13. The first-order valence-electron chi connectivity index (χ1n) is 15.9. The van der Waals surface area contributed by atoms with Gasteiger partial charge in [-0.25, -0.2) is 0 Å². The maximum absolute atomic E-state index is 5.84. The average Bonchev–Trinajstić information content (AvgIpc) is 3.57. The lowest BCUT2D eigenvalue weighted by Crippen LogP contribution is -1.99. The first-order valence-corrected chi connectivity index (χ1v) is 15.9. The summed E-state index contributed by atoms with van der Waals surface area (Å²) in [4.78, 5) is 0. The Bertz CT molecular complexity index is 1990. The van der Waals surface area contributed by atoms with Crippen molar-refractivity contribution in [3.05, 3.63) is 203 Å². The molecule has 47 heavy (non-hydrogen) atoms. The number of hydrogen-bond acceptors (Lipinski definition) is 3. The zero-order valence-electron chi connectivity index (χ0n) is 26.0. The van der Waals surface area contributed by atoms with Crippen molar-refractivity contribution in [2.45, 2.75) is 12.8 Å². The van der Waals surface area contributed by atoms with E-state index in [-0.39, 0.29) is 0 Å². The van der Waals surface area contributed by atoms with Gasteiger partial charge in [0.2, 0.25) is 0 Å². The zero-order chi connectivity index (χ0) is 31.7. The third-order valence-corrected chi connectivity index (χ3v) is 8.39. The highest BCUT2D eigenvalue weighted by Crippen LogP contribution is 2.33. The van der Waals surface area contributed by atoms with Crippen molar-refractivity contribution in [3.8, 4) is 22.3 Å². The number of benzene rings is 6. The Morgan fingerprint density at radius 3 is 1.36 bits per heavy atom. The molecule has 0 unspecified atom stereocenters. The van der Waals surface area contributed by atoms with Crippen molar-refractivity contribution in [3.63, 3.8) is 0 Å². The molecule has 0 amide bonds. The van der Waals surface area contributed by atoms with Gasteiger partial charge >= 0.3 is 0 Å². The highest BCUT2D eigenvalue weighted by atomic mass is 16.5. The maximum Gasteiger partial charge on any atom is 0.165 e. The monoisotopic (exact) mass is 606 g/mol. The first-order chi connectivity index (χ1) is 23.3. The smallest absolute Gasteiger partial charge is 0.165 e. The van der Waals surface area contributed by atoms with Crippen molar-refractivity contribution in [1.82, 2.24) is 10.4 Å². The Labute approximate surface area is 276 Å². The molecular formula is C44H34N2O. The Kier molecular flexibility index (Phi) is 9.06. The highest BCUT2D eigenvalue weighted by Gasteiger charge is 2.17. The van der Waals surface area contributed by atoms with Gasteiger partial charge in [-0.1, -0.05) is 182 Å². The van der Waals surface area contributed by atoms with Crippen LogP contribution in [-0.4, -0.2) is 10.4 Å². The van der Waals surface area contributed by atoms with Gasteiger partial charge in [-0.15, -0.1) is 5.10 Å². The van der Waals surface area contributed by atoms with Crippen LogP contribution in [0.2, 0.25) is 0 Å². The molecular weight excluding hydrogens is 572 g/mol. The van der Waals surface area contributed by atoms with Crippen molar-refractivity contribution >= 4 is 24.3 Å². The average molecular weight is 607 g/mol. The third-order valence-electron chi connectivity index (χ3n) is 8.39. The fraction of sp³-hybridized carbons (Fsp3) is 0.0455. The zero-order valence-corrected chi connectivity index (χ0v) is 26.0. The van der Waals surface area contributed by atoms with E-state index in [0.29, 0.717) is 12.8 Å². The van der Waals surface area contributed by atoms with E-state index in [4.69, 9.17) is 4.52 Å². The van der Waals surface area contributed by atoms with Crippen LogP contribution in [0, 0.1) is 0 Å². The van der Waals surface area contributed by atoms with Gasteiger partial charge < -0.3 is 4.52 Å². The quantitative estimate of drug-likeness (QED) is 0.145. The molecule has 7 aromatic rings. The van der Waals surface area contributed by atoms with E-state index in [9.17, 15) is 0 Å². The second kappa shape index (κ2) is 14.4. The van der Waals surface area contributed by atoms with Crippen LogP contribution in [0.5, 0.6) is 0 Å². The Hall–Kier alpha value is -6.06. The van der Waals surface area contributed by atoms with Gasteiger partial charge in [0.25, 0.3) is 0 Å². The minimum absolute atomic E-state index is 0.591. The molecule has 0 saturated carbocycles. The second-order valence-corrected chi connectivity index (χ2v) is 11.5. The van der Waals surface area contributed by atoms with Gasteiger partial charge in [-0.05, 0) is 55.6 Å². The predicted molar refractivity (Wildman–Crippen MR) is 194 cm³/mol. The summed E-state index contributed by atoms with van der Waals surface area (Å²) in [5.41, 5.74) is 12.6. The van der Waals surface area contributed by atoms with E-state index in [2.05, 4.69) is 180 Å². The number of hydrogen-bond donors (Lipinski definition) is 0. The van der Waals surface area contributed by atoms with Gasteiger partial charge in [0.1, 0.15) is 5.69 Å². The van der Waals surface area contributed by atoms with Crippen molar-refractivity contribution in [2.75, 3.05) is 0 Å². The summed E-state index contributed by atoms with van der Waals surface area (Å²) in [5, 5.41) is 8.52. The van der Waals surface area contributed by atoms with E-state index in [0.717, 1.165) is 28.1 Å². The molecule has 6 aromatic carbocycles. The SMILES string of the molecule is C(=Cc1ccccc1-c1ccccc1Cc1nnoc1Cc1ccccc1-c1ccccc1C=Cc1ccccc1)c1ccccc1. The Morgan fingerprint density at radius 1 is 0.404 bits per heavy atom. The normalized spacial score (nSPS) is 11.4. The molecule has 0 N–H and O–H groups in total. The molecule has 0 aliphatic rings. The number of rotatable bonds is 10. The van der Waals surface area contributed by atoms with E-state index in [1.54, 1.807) is 0 Å². The Morgan fingerprint density at radius 2 is 0.830 bits per heavy atom. The van der Waals surface area contributed by atoms with Crippen molar-refractivity contribution < 1.29 is 4.52 Å². The first kappa shape index (κ1) is 29.6. The van der Waals surface area contributed by atoms with Crippen molar-refractivity contribution in [2.24, 2.45) is 0 Å². The molecule has 0 fully saturated rings. The topological polar surface area (TPSA) is 38.9 Å². The van der Waals surface area contributed by atoms with Crippen molar-refractivity contribution in [1.29, 1.82) is 0 Å². The number of aromatic nitrogens is 2. The second-order valence-electron chi connectivity index (χ2n) is 11.5. The summed E-state index contributed by atoms with van der Waals surface area (Å²) in [5.74, 6) is 0.779. The van der Waals surface area contributed by atoms with E-state index in [1.807, 2.05) is 12.1 Å². The van der Waals surface area contributed by atoms with Gasteiger partial charge in [0.15, 0.2) is 5.76 Å². The van der Waals surface area contributed by atoms with Crippen LogP contribution in [0.25, 0.3) is 46.6 Å². The van der Waals surface area contributed by atoms with Crippen LogP contribution in [0.3, 0.4) is 0 Å². The van der Waals surface area contributed by atoms with E-state index < -0.39 is 0 Å². The molecule has 226 valence electrons. The molecule has 1 heterocycles. The van der Waals surface area contributed by atoms with E-state index in [1.165, 1.54) is 38.9 Å². The molecule has 0 radical (unpaired) electrons.